The van der Waals surface area contributed by atoms with Crippen molar-refractivity contribution in [2.75, 3.05) is 0 Å². The van der Waals surface area contributed by atoms with Crippen molar-refractivity contribution in [2.24, 2.45) is 8.80 Å². The van der Waals surface area contributed by atoms with Gasteiger partial charge in [-0.25, -0.2) is 0 Å². The summed E-state index contributed by atoms with van der Waals surface area (Å²) in [7, 11) is -3.84. The van der Waals surface area contributed by atoms with E-state index in [1.165, 1.54) is 0 Å². The van der Waals surface area contributed by atoms with Gasteiger partial charge in [0.05, 0.1) is 0 Å². The molecule has 0 fully saturated rings. The minimum Gasteiger partial charge on any atom is -0.179 e. The molecule has 0 spiro atoms. The number of nitrogens with zero attached hydrogens (tertiary/aromatic N) is 2. The molecule has 5 aromatic carbocycles. The van der Waals surface area contributed by atoms with Crippen LogP contribution in [0.2, 0.25) is 0 Å². The van der Waals surface area contributed by atoms with Crippen LogP contribution < -0.4 is 10.7 Å². The quantitative estimate of drug-likeness (QED) is 0.308. The van der Waals surface area contributed by atoms with Crippen LogP contribution in [0.25, 0.3) is 43.1 Å². The van der Waals surface area contributed by atoms with E-state index >= 15 is 0 Å². The van der Waals surface area contributed by atoms with Gasteiger partial charge in [-0.05, 0) is 44.5 Å². The molecule has 1 aliphatic heterocycles. The Morgan fingerprint density at radius 3 is 1.89 bits per heavy atom. The second kappa shape index (κ2) is 4.90. The highest BCUT2D eigenvalue weighted by Crippen LogP contribution is 2.32. The molecule has 0 radical (unpaired) electrons. The van der Waals surface area contributed by atoms with Crippen LogP contribution in [0.4, 0.5) is 0 Å². The van der Waals surface area contributed by atoms with Gasteiger partial charge in [0.25, 0.3) is 0 Å². The van der Waals surface area contributed by atoms with Crippen LogP contribution in [-0.4, -0.2) is 8.42 Å². The van der Waals surface area contributed by atoms with E-state index < -0.39 is 10.2 Å². The smallest absolute Gasteiger partial charge is 0.179 e. The molecule has 4 nitrogen and oxygen atoms in total. The molecule has 0 amide bonds. The number of hydrogen-bond donors (Lipinski definition) is 0. The first kappa shape index (κ1) is 14.8. The summed E-state index contributed by atoms with van der Waals surface area (Å²) in [5.74, 6) is 0. The molecule has 0 aromatic heterocycles. The number of fused-ring (bicyclic) bond motifs is 9. The van der Waals surface area contributed by atoms with Crippen LogP contribution in [0, 0.1) is 0 Å². The zero-order valence-electron chi connectivity index (χ0n) is 14.0. The molecule has 6 rings (SSSR count). The molecule has 0 aliphatic carbocycles. The summed E-state index contributed by atoms with van der Waals surface area (Å²) >= 11 is 0. The number of benzene rings is 5. The lowest BCUT2D eigenvalue weighted by Crippen LogP contribution is -2.23. The molecule has 1 aliphatic rings. The first-order valence-electron chi connectivity index (χ1n) is 8.62. The van der Waals surface area contributed by atoms with Crippen molar-refractivity contribution in [1.29, 1.82) is 0 Å². The molecule has 0 unspecified atom stereocenters. The standard InChI is InChI=1S/C22H12N2O2S/c25-27(26)23-21-17-10-9-13-5-3-4-8-16(13)20(17)18-11-14-6-1-2-7-15(14)12-19(18)22(21)24-27/h1-12H. The predicted octanol–water partition coefficient (Wildman–Crippen LogP) is 3.80. The van der Waals surface area contributed by atoms with Crippen LogP contribution in [0.3, 0.4) is 0 Å². The van der Waals surface area contributed by atoms with Crippen LogP contribution in [-0.2, 0) is 10.2 Å². The van der Waals surface area contributed by atoms with Gasteiger partial charge in [0.15, 0.2) is 0 Å². The van der Waals surface area contributed by atoms with Gasteiger partial charge in [-0.1, -0.05) is 60.7 Å². The van der Waals surface area contributed by atoms with Gasteiger partial charge in [0, 0.05) is 10.8 Å². The van der Waals surface area contributed by atoms with Crippen LogP contribution in [0.1, 0.15) is 0 Å². The molecule has 5 aromatic rings. The predicted molar refractivity (Wildman–Crippen MR) is 108 cm³/mol. The van der Waals surface area contributed by atoms with Gasteiger partial charge in [-0.2, -0.15) is 8.42 Å². The Kier molecular flexibility index (Phi) is 2.69. The fraction of sp³-hybridized carbons (Fsp3) is 0. The summed E-state index contributed by atoms with van der Waals surface area (Å²) in [6, 6.07) is 24.3. The zero-order valence-corrected chi connectivity index (χ0v) is 14.9. The van der Waals surface area contributed by atoms with Crippen molar-refractivity contribution in [3.8, 4) is 0 Å². The Labute approximate surface area is 154 Å². The third-order valence-corrected chi connectivity index (χ3v) is 6.06. The first-order chi connectivity index (χ1) is 13.1. The van der Waals surface area contributed by atoms with Crippen molar-refractivity contribution in [3.63, 3.8) is 0 Å². The lowest BCUT2D eigenvalue weighted by atomic mass is 9.93. The third-order valence-electron chi connectivity index (χ3n) is 5.23. The van der Waals surface area contributed by atoms with Gasteiger partial charge in [-0.15, -0.1) is 8.80 Å². The van der Waals surface area contributed by atoms with E-state index in [1.54, 1.807) is 0 Å². The lowest BCUT2D eigenvalue weighted by molar-refractivity contribution is 0.599. The van der Waals surface area contributed by atoms with Crippen LogP contribution in [0.5, 0.6) is 0 Å². The molecule has 0 atom stereocenters. The fourth-order valence-corrected chi connectivity index (χ4v) is 4.97. The fourth-order valence-electron chi connectivity index (χ4n) is 4.09. The van der Waals surface area contributed by atoms with Crippen molar-refractivity contribution >= 4 is 53.3 Å². The van der Waals surface area contributed by atoms with E-state index in [1.807, 2.05) is 48.5 Å². The molecule has 27 heavy (non-hydrogen) atoms. The lowest BCUT2D eigenvalue weighted by Gasteiger charge is -2.09. The van der Waals surface area contributed by atoms with E-state index in [0.29, 0.717) is 10.7 Å². The molecule has 0 saturated heterocycles. The molecule has 1 heterocycles. The van der Waals surface area contributed by atoms with Crippen molar-refractivity contribution in [1.82, 2.24) is 0 Å². The summed E-state index contributed by atoms with van der Waals surface area (Å²) in [4.78, 5) is 0. The van der Waals surface area contributed by atoms with E-state index in [9.17, 15) is 8.42 Å². The van der Waals surface area contributed by atoms with E-state index in [4.69, 9.17) is 0 Å². The molecule has 0 saturated carbocycles. The summed E-state index contributed by atoms with van der Waals surface area (Å²) in [6.45, 7) is 0. The first-order valence-corrected chi connectivity index (χ1v) is 10.0. The van der Waals surface area contributed by atoms with E-state index in [0.717, 1.165) is 43.1 Å². The van der Waals surface area contributed by atoms with Crippen LogP contribution >= 0.6 is 0 Å². The van der Waals surface area contributed by atoms with Crippen molar-refractivity contribution in [3.05, 3.63) is 83.5 Å². The van der Waals surface area contributed by atoms with Gasteiger partial charge >= 0.3 is 10.2 Å². The normalized spacial score (nSPS) is 15.1. The Bertz CT molecular complexity index is 1670. The van der Waals surface area contributed by atoms with Crippen molar-refractivity contribution < 1.29 is 8.42 Å². The summed E-state index contributed by atoms with van der Waals surface area (Å²) in [6.07, 6.45) is 0. The van der Waals surface area contributed by atoms with E-state index in [2.05, 4.69) is 33.1 Å². The maximum atomic E-state index is 12.2. The second-order valence-electron chi connectivity index (χ2n) is 6.78. The van der Waals surface area contributed by atoms with Crippen molar-refractivity contribution in [2.45, 2.75) is 0 Å². The maximum absolute atomic E-state index is 12.2. The Hall–Kier alpha value is -3.31. The number of rotatable bonds is 0. The zero-order chi connectivity index (χ0) is 18.2. The average molecular weight is 368 g/mol. The molecular formula is C22H12N2O2S. The maximum Gasteiger partial charge on any atom is 0.364 e. The molecule has 5 heteroatoms. The molecular weight excluding hydrogens is 356 g/mol. The van der Waals surface area contributed by atoms with Gasteiger partial charge in [-0.3, -0.25) is 0 Å². The second-order valence-corrected chi connectivity index (χ2v) is 8.04. The monoisotopic (exact) mass is 368 g/mol. The molecule has 128 valence electrons. The SMILES string of the molecule is O=S1(=O)N=c2c(c3ccc4ccccc4c3c3cc4ccccc4cc23)=N1. The van der Waals surface area contributed by atoms with E-state index in [-0.39, 0.29) is 0 Å². The minimum absolute atomic E-state index is 0.443. The van der Waals surface area contributed by atoms with Gasteiger partial charge in [0.1, 0.15) is 10.7 Å². The summed E-state index contributed by atoms with van der Waals surface area (Å²) < 4.78 is 32.2. The highest BCUT2D eigenvalue weighted by atomic mass is 32.2. The average Bonchev–Trinajstić information content (AvgIpc) is 3.02. The summed E-state index contributed by atoms with van der Waals surface area (Å²) in [5, 5.41) is 8.88. The third kappa shape index (κ3) is 2.00. The van der Waals surface area contributed by atoms with Crippen LogP contribution in [0.15, 0.2) is 81.6 Å². The molecule has 0 bridgehead atoms. The Morgan fingerprint density at radius 2 is 1.15 bits per heavy atom. The Morgan fingerprint density at radius 1 is 0.556 bits per heavy atom. The minimum atomic E-state index is -3.84. The highest BCUT2D eigenvalue weighted by Gasteiger charge is 2.19. The van der Waals surface area contributed by atoms with Gasteiger partial charge in [0.2, 0.25) is 0 Å². The topological polar surface area (TPSA) is 58.9 Å². The molecule has 0 N–H and O–H groups in total. The summed E-state index contributed by atoms with van der Waals surface area (Å²) in [5.41, 5.74) is 0. The highest BCUT2D eigenvalue weighted by molar-refractivity contribution is 7.88. The number of hydrogen-bond acceptors (Lipinski definition) is 2. The largest absolute Gasteiger partial charge is 0.364 e. The van der Waals surface area contributed by atoms with Gasteiger partial charge < -0.3 is 0 Å². The Balaban J connectivity index is 2.05.